The summed E-state index contributed by atoms with van der Waals surface area (Å²) in [4.78, 5) is 18.8. The van der Waals surface area contributed by atoms with Crippen LogP contribution in [0.4, 0.5) is 0 Å². The highest BCUT2D eigenvalue weighted by atomic mass is 16.1. The van der Waals surface area contributed by atoms with Crippen molar-refractivity contribution in [1.82, 2.24) is 24.1 Å². The summed E-state index contributed by atoms with van der Waals surface area (Å²) >= 11 is 0. The average Bonchev–Trinajstić information content (AvgIpc) is 3.26. The maximum absolute atomic E-state index is 11.5. The number of hydrogen-bond donors (Lipinski definition) is 1. The third-order valence-corrected chi connectivity index (χ3v) is 4.49. The van der Waals surface area contributed by atoms with Gasteiger partial charge in [-0.25, -0.2) is 9.50 Å². The molecule has 0 unspecified atom stereocenters. The molecule has 1 N–H and O–H groups in total. The Balaban J connectivity index is 1.59. The fourth-order valence-corrected chi connectivity index (χ4v) is 3.21. The van der Waals surface area contributed by atoms with Crippen LogP contribution in [0, 0.1) is 0 Å². The van der Waals surface area contributed by atoms with Crippen molar-refractivity contribution in [2.45, 2.75) is 6.54 Å². The second-order valence-electron chi connectivity index (χ2n) is 6.17. The molecule has 0 spiro atoms. The summed E-state index contributed by atoms with van der Waals surface area (Å²) in [6.45, 7) is 0.613. The molecule has 0 amide bonds. The van der Waals surface area contributed by atoms with Crippen LogP contribution < -0.4 is 5.56 Å². The van der Waals surface area contributed by atoms with Crippen LogP contribution in [0.2, 0.25) is 0 Å². The smallest absolute Gasteiger partial charge is 0.248 e. The summed E-state index contributed by atoms with van der Waals surface area (Å²) in [5, 5.41) is 4.76. The van der Waals surface area contributed by atoms with Crippen molar-refractivity contribution in [1.29, 1.82) is 0 Å². The van der Waals surface area contributed by atoms with E-state index in [0.29, 0.717) is 6.54 Å². The second-order valence-corrected chi connectivity index (χ2v) is 6.17. The molecule has 0 radical (unpaired) electrons. The number of pyridine rings is 1. The second kappa shape index (κ2) is 5.70. The van der Waals surface area contributed by atoms with E-state index in [9.17, 15) is 4.79 Å². The molecule has 26 heavy (non-hydrogen) atoms. The lowest BCUT2D eigenvalue weighted by Gasteiger charge is -2.06. The lowest BCUT2D eigenvalue weighted by Crippen LogP contribution is -2.06. The molecule has 5 aromatic rings. The van der Waals surface area contributed by atoms with Gasteiger partial charge < -0.3 is 9.55 Å². The molecule has 6 heteroatoms. The van der Waals surface area contributed by atoms with Crippen molar-refractivity contribution >= 4 is 16.7 Å². The molecule has 1 aromatic carbocycles. The van der Waals surface area contributed by atoms with Gasteiger partial charge in [0.2, 0.25) is 5.56 Å². The van der Waals surface area contributed by atoms with Gasteiger partial charge >= 0.3 is 0 Å². The summed E-state index contributed by atoms with van der Waals surface area (Å²) in [7, 11) is 0. The minimum absolute atomic E-state index is 0.0979. The molecule has 0 aliphatic carbocycles. The Morgan fingerprint density at radius 2 is 1.85 bits per heavy atom. The molecule has 0 atom stereocenters. The summed E-state index contributed by atoms with van der Waals surface area (Å²) in [6.07, 6.45) is 3.80. The van der Waals surface area contributed by atoms with E-state index in [-0.39, 0.29) is 5.56 Å². The molecule has 0 aliphatic rings. The molecule has 126 valence electrons. The zero-order valence-electron chi connectivity index (χ0n) is 13.8. The Kier molecular flexibility index (Phi) is 3.21. The first kappa shape index (κ1) is 14.7. The maximum Gasteiger partial charge on any atom is 0.248 e. The van der Waals surface area contributed by atoms with Crippen molar-refractivity contribution in [3.05, 3.63) is 89.1 Å². The van der Waals surface area contributed by atoms with Crippen molar-refractivity contribution in [3.8, 4) is 11.3 Å². The number of hydrogen-bond acceptors (Lipinski definition) is 3. The molecule has 4 aromatic heterocycles. The van der Waals surface area contributed by atoms with E-state index < -0.39 is 0 Å². The number of imidazole rings is 1. The van der Waals surface area contributed by atoms with Gasteiger partial charge in [-0.05, 0) is 24.3 Å². The van der Waals surface area contributed by atoms with Crippen molar-refractivity contribution < 1.29 is 0 Å². The van der Waals surface area contributed by atoms with E-state index in [0.717, 1.165) is 33.6 Å². The van der Waals surface area contributed by atoms with Crippen LogP contribution in [0.5, 0.6) is 0 Å². The Labute approximate surface area is 148 Å². The Morgan fingerprint density at radius 3 is 2.73 bits per heavy atom. The molecule has 0 fully saturated rings. The van der Waals surface area contributed by atoms with Gasteiger partial charge in [0.05, 0.1) is 35.2 Å². The highest BCUT2D eigenvalue weighted by Gasteiger charge is 2.09. The third kappa shape index (κ3) is 2.39. The van der Waals surface area contributed by atoms with Gasteiger partial charge in [0.15, 0.2) is 5.65 Å². The molecule has 4 heterocycles. The maximum atomic E-state index is 11.5. The number of aromatic amines is 1. The average molecular weight is 341 g/mol. The Morgan fingerprint density at radius 1 is 0.962 bits per heavy atom. The first-order valence-corrected chi connectivity index (χ1v) is 8.35. The number of aromatic nitrogens is 5. The molecule has 0 aliphatic heterocycles. The Bertz CT molecular complexity index is 1280. The fourth-order valence-electron chi connectivity index (χ4n) is 3.21. The summed E-state index contributed by atoms with van der Waals surface area (Å²) in [5.41, 5.74) is 5.45. The number of benzene rings is 1. The van der Waals surface area contributed by atoms with E-state index in [2.05, 4.69) is 14.5 Å². The zero-order chi connectivity index (χ0) is 17.5. The van der Waals surface area contributed by atoms with Gasteiger partial charge in [0.1, 0.15) is 0 Å². The molecule has 6 nitrogen and oxygen atoms in total. The normalized spacial score (nSPS) is 11.4. The van der Waals surface area contributed by atoms with Gasteiger partial charge in [-0.15, -0.1) is 0 Å². The molecular formula is C20H15N5O. The first-order chi connectivity index (χ1) is 12.8. The van der Waals surface area contributed by atoms with Crippen LogP contribution in [0.3, 0.4) is 0 Å². The largest absolute Gasteiger partial charge is 0.340 e. The quantitative estimate of drug-likeness (QED) is 0.548. The lowest BCUT2D eigenvalue weighted by atomic mass is 10.1. The summed E-state index contributed by atoms with van der Waals surface area (Å²) in [6, 6.07) is 19.3. The highest BCUT2D eigenvalue weighted by molar-refractivity contribution is 5.75. The molecular weight excluding hydrogens is 326 g/mol. The van der Waals surface area contributed by atoms with Crippen molar-refractivity contribution in [2.24, 2.45) is 0 Å². The number of nitrogens with zero attached hydrogens (tertiary/aromatic N) is 4. The monoisotopic (exact) mass is 341 g/mol. The van der Waals surface area contributed by atoms with Crippen molar-refractivity contribution in [3.63, 3.8) is 0 Å². The highest BCUT2D eigenvalue weighted by Crippen LogP contribution is 2.19. The first-order valence-electron chi connectivity index (χ1n) is 8.35. The number of nitrogens with one attached hydrogen (secondary N) is 1. The van der Waals surface area contributed by atoms with Gasteiger partial charge in [-0.2, -0.15) is 5.10 Å². The number of fused-ring (bicyclic) bond motifs is 2. The van der Waals surface area contributed by atoms with E-state index in [1.807, 2.05) is 71.5 Å². The van der Waals surface area contributed by atoms with Crippen LogP contribution in [0.25, 0.3) is 27.9 Å². The predicted octanol–water partition coefficient (Wildman–Crippen LogP) is 3.09. The topological polar surface area (TPSA) is 68.0 Å². The summed E-state index contributed by atoms with van der Waals surface area (Å²) < 4.78 is 3.95. The SMILES string of the molecule is O=c1ccc2c(ccn2Cc2cnc3ccc(-c4ccccc4)nn23)[nH]1. The number of rotatable bonds is 3. The van der Waals surface area contributed by atoms with Crippen LogP contribution >= 0.6 is 0 Å². The van der Waals surface area contributed by atoms with E-state index in [1.54, 1.807) is 6.07 Å². The standard InChI is InChI=1S/C20H15N5O/c26-20-9-7-18-17(22-20)10-11-24(18)13-15-12-21-19-8-6-16(23-25(15)19)14-4-2-1-3-5-14/h1-12H,13H2,(H,22,26). The van der Waals surface area contributed by atoms with Crippen LogP contribution in [0.1, 0.15) is 5.69 Å². The van der Waals surface area contributed by atoms with Gasteiger partial charge in [0, 0.05) is 17.8 Å². The van der Waals surface area contributed by atoms with E-state index in [1.165, 1.54) is 0 Å². The van der Waals surface area contributed by atoms with Crippen LogP contribution in [0.15, 0.2) is 77.9 Å². The van der Waals surface area contributed by atoms with Gasteiger partial charge in [0.25, 0.3) is 0 Å². The molecule has 0 saturated carbocycles. The summed E-state index contributed by atoms with van der Waals surface area (Å²) in [5.74, 6) is 0. The van der Waals surface area contributed by atoms with Gasteiger partial charge in [-0.1, -0.05) is 30.3 Å². The third-order valence-electron chi connectivity index (χ3n) is 4.49. The fraction of sp³-hybridized carbons (Fsp3) is 0.0500. The predicted molar refractivity (Wildman–Crippen MR) is 100 cm³/mol. The minimum atomic E-state index is -0.0979. The van der Waals surface area contributed by atoms with Crippen LogP contribution in [-0.2, 0) is 6.54 Å². The lowest BCUT2D eigenvalue weighted by molar-refractivity contribution is 0.761. The van der Waals surface area contributed by atoms with Crippen molar-refractivity contribution in [2.75, 3.05) is 0 Å². The van der Waals surface area contributed by atoms with Crippen LogP contribution in [-0.4, -0.2) is 24.1 Å². The zero-order valence-corrected chi connectivity index (χ0v) is 13.8. The molecule has 5 rings (SSSR count). The molecule has 0 saturated heterocycles. The van der Waals surface area contributed by atoms with E-state index >= 15 is 0 Å². The van der Waals surface area contributed by atoms with Gasteiger partial charge in [-0.3, -0.25) is 4.79 Å². The Hall–Kier alpha value is -3.67. The molecule has 0 bridgehead atoms. The minimum Gasteiger partial charge on any atom is -0.340 e. The van der Waals surface area contributed by atoms with E-state index in [4.69, 9.17) is 5.10 Å². The number of H-pyrrole nitrogens is 1.